The fourth-order valence-corrected chi connectivity index (χ4v) is 5.31. The van der Waals surface area contributed by atoms with Crippen molar-refractivity contribution in [2.75, 3.05) is 44.7 Å². The predicted octanol–water partition coefficient (Wildman–Crippen LogP) is 2.16. The van der Waals surface area contributed by atoms with E-state index in [2.05, 4.69) is 43.1 Å². The van der Waals surface area contributed by atoms with E-state index >= 15 is 0 Å². The zero-order chi connectivity index (χ0) is 23.0. The maximum atomic E-state index is 13.0. The second kappa shape index (κ2) is 8.66. The van der Waals surface area contributed by atoms with Gasteiger partial charge in [-0.1, -0.05) is 26.0 Å². The van der Waals surface area contributed by atoms with E-state index in [1.807, 2.05) is 25.1 Å². The number of nitrogens with zero attached hydrogens (tertiary/aromatic N) is 1. The Hall–Kier alpha value is -2.73. The number of rotatable bonds is 5. The highest BCUT2D eigenvalue weighted by Crippen LogP contribution is 2.50. The first-order chi connectivity index (χ1) is 15.2. The summed E-state index contributed by atoms with van der Waals surface area (Å²) < 4.78 is 5.34. The molecule has 0 spiro atoms. The van der Waals surface area contributed by atoms with Crippen molar-refractivity contribution in [3.63, 3.8) is 0 Å². The average molecular weight is 439 g/mol. The van der Waals surface area contributed by atoms with Crippen LogP contribution in [0.4, 0.5) is 5.69 Å². The lowest BCUT2D eigenvalue weighted by atomic mass is 9.85. The van der Waals surface area contributed by atoms with Crippen molar-refractivity contribution < 1.29 is 19.5 Å². The molecule has 2 aromatic rings. The van der Waals surface area contributed by atoms with Crippen molar-refractivity contribution in [3.05, 3.63) is 52.6 Å². The summed E-state index contributed by atoms with van der Waals surface area (Å²) in [5.74, 6) is 1.25. The molecule has 0 saturated carbocycles. The molecule has 172 valence electrons. The van der Waals surface area contributed by atoms with Crippen LogP contribution in [0.15, 0.2) is 30.3 Å². The number of ether oxygens (including phenoxy) is 1. The molecule has 2 aliphatic rings. The molecule has 0 bridgehead atoms. The molecule has 1 saturated heterocycles. The quantitative estimate of drug-likeness (QED) is 0.669. The van der Waals surface area contributed by atoms with Crippen molar-refractivity contribution in [1.82, 2.24) is 5.32 Å². The van der Waals surface area contributed by atoms with Gasteiger partial charge < -0.3 is 25.0 Å². The number of quaternary nitrogens is 1. The van der Waals surface area contributed by atoms with Crippen LogP contribution in [0.3, 0.4) is 0 Å². The number of nitrogens with one attached hydrogen (secondary N) is 2. The second-order valence-electron chi connectivity index (χ2n) is 10.0. The summed E-state index contributed by atoms with van der Waals surface area (Å²) in [6.45, 7) is 12.5. The third-order valence-electron chi connectivity index (χ3n) is 7.17. The Balaban J connectivity index is 1.39. The standard InChI is InChI=1S/C26H35N3O3/c1-17-13-18(2)24(31)23-21(17)15-26(3,4)25(23)27-22(30)16-28-9-11-29(12-10-28)19-7-6-8-20(14-19)32-5/h6-8,13-14,25,31H,9-12,15-16H2,1-5H3,(H,27,30)/p+1. The number of amides is 1. The molecule has 32 heavy (non-hydrogen) atoms. The van der Waals surface area contributed by atoms with E-state index in [4.69, 9.17) is 4.74 Å². The largest absolute Gasteiger partial charge is 0.507 e. The fraction of sp³-hybridized carbons (Fsp3) is 0.500. The lowest BCUT2D eigenvalue weighted by molar-refractivity contribution is -0.892. The lowest BCUT2D eigenvalue weighted by Crippen LogP contribution is -3.16. The van der Waals surface area contributed by atoms with Gasteiger partial charge in [-0.2, -0.15) is 0 Å². The molecule has 1 unspecified atom stereocenters. The average Bonchev–Trinajstić information content (AvgIpc) is 3.03. The molecular formula is C26H36N3O3+. The topological polar surface area (TPSA) is 66.2 Å². The van der Waals surface area contributed by atoms with Crippen molar-refractivity contribution in [2.24, 2.45) is 5.41 Å². The number of phenols is 1. The van der Waals surface area contributed by atoms with E-state index in [0.717, 1.165) is 49.5 Å². The van der Waals surface area contributed by atoms with Gasteiger partial charge in [0.2, 0.25) is 0 Å². The van der Waals surface area contributed by atoms with Gasteiger partial charge in [-0.05, 0) is 54.5 Å². The molecule has 2 aromatic carbocycles. The first-order valence-corrected chi connectivity index (χ1v) is 11.5. The minimum Gasteiger partial charge on any atom is -0.507 e. The van der Waals surface area contributed by atoms with Crippen LogP contribution in [-0.4, -0.2) is 50.8 Å². The van der Waals surface area contributed by atoms with E-state index in [-0.39, 0.29) is 17.4 Å². The zero-order valence-corrected chi connectivity index (χ0v) is 19.9. The van der Waals surface area contributed by atoms with Crippen LogP contribution in [0.25, 0.3) is 0 Å². The number of benzene rings is 2. The normalized spacial score (nSPS) is 20.2. The molecule has 1 atom stereocenters. The van der Waals surface area contributed by atoms with Crippen LogP contribution in [-0.2, 0) is 11.2 Å². The lowest BCUT2D eigenvalue weighted by Gasteiger charge is -2.34. The van der Waals surface area contributed by atoms with Crippen molar-refractivity contribution in [3.8, 4) is 11.5 Å². The number of fused-ring (bicyclic) bond motifs is 1. The summed E-state index contributed by atoms with van der Waals surface area (Å²) in [5, 5.41) is 14.1. The molecule has 1 fully saturated rings. The van der Waals surface area contributed by atoms with Gasteiger partial charge >= 0.3 is 0 Å². The molecule has 1 amide bonds. The Morgan fingerprint density at radius 2 is 1.94 bits per heavy atom. The summed E-state index contributed by atoms with van der Waals surface area (Å²) in [7, 11) is 1.69. The number of phenolic OH excluding ortho intramolecular Hbond substituents is 1. The maximum absolute atomic E-state index is 13.0. The van der Waals surface area contributed by atoms with Gasteiger partial charge in [0, 0.05) is 17.3 Å². The highest BCUT2D eigenvalue weighted by atomic mass is 16.5. The summed E-state index contributed by atoms with van der Waals surface area (Å²) in [4.78, 5) is 16.7. The highest BCUT2D eigenvalue weighted by molar-refractivity contribution is 5.78. The third kappa shape index (κ3) is 4.29. The molecule has 4 rings (SSSR count). The number of aryl methyl sites for hydroxylation is 2. The smallest absolute Gasteiger partial charge is 0.275 e. The molecule has 6 heteroatoms. The van der Waals surface area contributed by atoms with Crippen LogP contribution < -0.4 is 19.9 Å². The van der Waals surface area contributed by atoms with E-state index in [1.54, 1.807) is 7.11 Å². The molecule has 0 aromatic heterocycles. The summed E-state index contributed by atoms with van der Waals surface area (Å²) >= 11 is 0. The molecule has 1 heterocycles. The van der Waals surface area contributed by atoms with E-state index in [0.29, 0.717) is 12.3 Å². The monoisotopic (exact) mass is 438 g/mol. The third-order valence-corrected chi connectivity index (χ3v) is 7.17. The van der Waals surface area contributed by atoms with Gasteiger partial charge in [0.05, 0.1) is 39.3 Å². The van der Waals surface area contributed by atoms with E-state index in [9.17, 15) is 9.90 Å². The minimum absolute atomic E-state index is 0.0549. The minimum atomic E-state index is -0.166. The van der Waals surface area contributed by atoms with E-state index < -0.39 is 0 Å². The highest BCUT2D eigenvalue weighted by Gasteiger charge is 2.43. The van der Waals surface area contributed by atoms with Crippen LogP contribution in [0.5, 0.6) is 11.5 Å². The van der Waals surface area contributed by atoms with Crippen molar-refractivity contribution in [1.29, 1.82) is 0 Å². The van der Waals surface area contributed by atoms with Crippen molar-refractivity contribution in [2.45, 2.75) is 40.2 Å². The molecular weight excluding hydrogens is 402 g/mol. The Labute approximate surface area is 191 Å². The van der Waals surface area contributed by atoms with Crippen LogP contribution in [0.2, 0.25) is 0 Å². The van der Waals surface area contributed by atoms with E-state index in [1.165, 1.54) is 21.7 Å². The van der Waals surface area contributed by atoms with Gasteiger partial charge in [0.1, 0.15) is 11.5 Å². The Kier molecular flexibility index (Phi) is 6.08. The molecule has 0 radical (unpaired) electrons. The number of hydrogen-bond donors (Lipinski definition) is 3. The van der Waals surface area contributed by atoms with Crippen LogP contribution >= 0.6 is 0 Å². The van der Waals surface area contributed by atoms with Gasteiger partial charge in [0.15, 0.2) is 6.54 Å². The van der Waals surface area contributed by atoms with Crippen LogP contribution in [0, 0.1) is 19.3 Å². The van der Waals surface area contributed by atoms with Crippen molar-refractivity contribution >= 4 is 11.6 Å². The fourth-order valence-electron chi connectivity index (χ4n) is 5.31. The van der Waals surface area contributed by atoms with Gasteiger partial charge in [-0.15, -0.1) is 0 Å². The van der Waals surface area contributed by atoms with Gasteiger partial charge in [0.25, 0.3) is 5.91 Å². The predicted molar refractivity (Wildman–Crippen MR) is 127 cm³/mol. The number of anilines is 1. The number of hydrogen-bond acceptors (Lipinski definition) is 4. The van der Waals surface area contributed by atoms with Gasteiger partial charge in [-0.25, -0.2) is 0 Å². The van der Waals surface area contributed by atoms with Crippen LogP contribution in [0.1, 0.15) is 42.1 Å². The number of carbonyl (C=O) groups is 1. The number of carbonyl (C=O) groups excluding carboxylic acids is 1. The molecule has 3 N–H and O–H groups in total. The number of piperazine rings is 1. The zero-order valence-electron chi connectivity index (χ0n) is 19.9. The summed E-state index contributed by atoms with van der Waals surface area (Å²) in [5.41, 5.74) is 5.20. The summed E-state index contributed by atoms with van der Waals surface area (Å²) in [6, 6.07) is 10.0. The van der Waals surface area contributed by atoms with Gasteiger partial charge in [-0.3, -0.25) is 4.79 Å². The molecule has 1 aliphatic carbocycles. The molecule has 6 nitrogen and oxygen atoms in total. The first-order valence-electron chi connectivity index (χ1n) is 11.5. The SMILES string of the molecule is COc1cccc(N2CC[NH+](CC(=O)NC3c4c(O)c(C)cc(C)c4CC3(C)C)CC2)c1. The molecule has 1 aliphatic heterocycles. The Bertz CT molecular complexity index is 1010. The Morgan fingerprint density at radius 3 is 2.62 bits per heavy atom. The Morgan fingerprint density at radius 1 is 1.22 bits per heavy atom. The second-order valence-corrected chi connectivity index (χ2v) is 10.0. The summed E-state index contributed by atoms with van der Waals surface area (Å²) in [6.07, 6.45) is 0.860. The first kappa shape index (κ1) is 22.5. The maximum Gasteiger partial charge on any atom is 0.275 e. The number of aromatic hydroxyl groups is 1. The number of methoxy groups -OCH3 is 1.